The lowest BCUT2D eigenvalue weighted by atomic mass is 9.81. The highest BCUT2D eigenvalue weighted by Gasteiger charge is 2.44. The molecule has 1 N–H and O–H groups in total. The highest BCUT2D eigenvalue weighted by molar-refractivity contribution is 7.10. The molecule has 0 spiro atoms. The van der Waals surface area contributed by atoms with E-state index in [2.05, 4.69) is 5.32 Å². The van der Waals surface area contributed by atoms with Crippen molar-refractivity contribution in [1.29, 1.82) is 0 Å². The van der Waals surface area contributed by atoms with Crippen LogP contribution in [0.3, 0.4) is 0 Å². The molecule has 5 nitrogen and oxygen atoms in total. The van der Waals surface area contributed by atoms with Crippen LogP contribution in [0.4, 0.5) is 14.5 Å². The monoisotopic (exact) mass is 442 g/mol. The highest BCUT2D eigenvalue weighted by Crippen LogP contribution is 2.44. The van der Waals surface area contributed by atoms with Gasteiger partial charge in [0.15, 0.2) is 11.6 Å². The number of amides is 2. The van der Waals surface area contributed by atoms with Gasteiger partial charge in [-0.1, -0.05) is 24.3 Å². The third-order valence-corrected chi connectivity index (χ3v) is 6.22. The lowest BCUT2D eigenvalue weighted by molar-refractivity contribution is -0.119. The summed E-state index contributed by atoms with van der Waals surface area (Å²) in [5, 5.41) is 4.58. The number of anilines is 1. The number of carbonyl (C=O) groups excluding carboxylic acids is 2. The maximum absolute atomic E-state index is 13.7. The Morgan fingerprint density at radius 2 is 1.94 bits per heavy atom. The Kier molecular flexibility index (Phi) is 6.11. The standard InChI is InChI=1S/C23H20F2N2O3S/c1-30-11-10-27-21(19-7-4-12-31-19)20(15-5-2-3-6-16(15)23(27)29)22(28)26-14-8-9-17(24)18(25)13-14/h2-9,12-13,20-21H,10-11H2,1H3,(H,26,28). The number of fused-ring (bicyclic) bond motifs is 1. The van der Waals surface area contributed by atoms with Gasteiger partial charge < -0.3 is 15.0 Å². The van der Waals surface area contributed by atoms with Gasteiger partial charge in [0.1, 0.15) is 0 Å². The summed E-state index contributed by atoms with van der Waals surface area (Å²) in [4.78, 5) is 29.3. The molecule has 31 heavy (non-hydrogen) atoms. The van der Waals surface area contributed by atoms with Gasteiger partial charge in [-0.05, 0) is 35.2 Å². The summed E-state index contributed by atoms with van der Waals surface area (Å²) >= 11 is 1.45. The van der Waals surface area contributed by atoms with E-state index in [1.165, 1.54) is 17.4 Å². The lowest BCUT2D eigenvalue weighted by Gasteiger charge is -2.41. The van der Waals surface area contributed by atoms with Gasteiger partial charge in [0.05, 0.1) is 18.6 Å². The van der Waals surface area contributed by atoms with Crippen LogP contribution in [0.2, 0.25) is 0 Å². The average Bonchev–Trinajstić information content (AvgIpc) is 3.30. The molecule has 8 heteroatoms. The fourth-order valence-corrected chi connectivity index (χ4v) is 4.75. The minimum atomic E-state index is -1.05. The Hall–Kier alpha value is -3.10. The molecule has 3 aromatic rings. The number of halogens is 2. The normalized spacial score (nSPS) is 18.0. The summed E-state index contributed by atoms with van der Waals surface area (Å²) in [5.41, 5.74) is 1.18. The molecule has 2 heterocycles. The highest BCUT2D eigenvalue weighted by atomic mass is 32.1. The largest absolute Gasteiger partial charge is 0.383 e. The zero-order valence-electron chi connectivity index (χ0n) is 16.7. The number of hydrogen-bond donors (Lipinski definition) is 1. The van der Waals surface area contributed by atoms with E-state index < -0.39 is 29.5 Å². The first-order chi connectivity index (χ1) is 15.0. The van der Waals surface area contributed by atoms with E-state index in [4.69, 9.17) is 4.74 Å². The Labute approximate surface area is 182 Å². The van der Waals surface area contributed by atoms with Crippen molar-refractivity contribution in [3.63, 3.8) is 0 Å². The van der Waals surface area contributed by atoms with Gasteiger partial charge in [-0.15, -0.1) is 11.3 Å². The van der Waals surface area contributed by atoms with Gasteiger partial charge >= 0.3 is 0 Å². The summed E-state index contributed by atoms with van der Waals surface area (Å²) in [5.74, 6) is -3.37. The van der Waals surface area contributed by atoms with E-state index in [0.29, 0.717) is 24.3 Å². The molecular formula is C23H20F2N2O3S. The molecule has 1 aliphatic rings. The summed E-state index contributed by atoms with van der Waals surface area (Å²) in [6.07, 6.45) is 0. The van der Waals surface area contributed by atoms with Crippen LogP contribution in [0, 0.1) is 11.6 Å². The smallest absolute Gasteiger partial charge is 0.254 e. The lowest BCUT2D eigenvalue weighted by Crippen LogP contribution is -2.47. The average molecular weight is 442 g/mol. The summed E-state index contributed by atoms with van der Waals surface area (Å²) in [6.45, 7) is 0.620. The maximum Gasteiger partial charge on any atom is 0.254 e. The van der Waals surface area contributed by atoms with E-state index in [0.717, 1.165) is 17.0 Å². The van der Waals surface area contributed by atoms with Gasteiger partial charge in [-0.25, -0.2) is 8.78 Å². The third-order valence-electron chi connectivity index (χ3n) is 5.28. The topological polar surface area (TPSA) is 58.6 Å². The second-order valence-electron chi connectivity index (χ2n) is 7.13. The van der Waals surface area contributed by atoms with Crippen LogP contribution in [0.1, 0.15) is 32.8 Å². The number of nitrogens with zero attached hydrogens (tertiary/aromatic N) is 1. The molecule has 2 amide bonds. The second kappa shape index (κ2) is 8.95. The van der Waals surface area contributed by atoms with Crippen LogP contribution in [0.25, 0.3) is 0 Å². The van der Waals surface area contributed by atoms with Crippen LogP contribution < -0.4 is 5.32 Å². The molecule has 1 aromatic heterocycles. The number of nitrogens with one attached hydrogen (secondary N) is 1. The maximum atomic E-state index is 13.7. The number of rotatable bonds is 6. The van der Waals surface area contributed by atoms with Crippen molar-refractivity contribution in [3.8, 4) is 0 Å². The Bertz CT molecular complexity index is 1100. The molecule has 2 atom stereocenters. The van der Waals surface area contributed by atoms with Crippen molar-refractivity contribution in [1.82, 2.24) is 4.90 Å². The van der Waals surface area contributed by atoms with Crippen molar-refractivity contribution >= 4 is 28.8 Å². The number of benzene rings is 2. The summed E-state index contributed by atoms with van der Waals surface area (Å²) < 4.78 is 32.2. The van der Waals surface area contributed by atoms with Gasteiger partial charge in [-0.3, -0.25) is 9.59 Å². The van der Waals surface area contributed by atoms with Crippen molar-refractivity contribution in [3.05, 3.63) is 87.6 Å². The SMILES string of the molecule is COCCN1C(=O)c2ccccc2C(C(=O)Nc2ccc(F)c(F)c2)C1c1cccs1. The van der Waals surface area contributed by atoms with E-state index in [-0.39, 0.29) is 11.6 Å². The third kappa shape index (κ3) is 4.08. The fourth-order valence-electron chi connectivity index (χ4n) is 3.88. The minimum absolute atomic E-state index is 0.145. The summed E-state index contributed by atoms with van der Waals surface area (Å²) in [6, 6.07) is 13.4. The number of thiophene rings is 1. The van der Waals surface area contributed by atoms with Gasteiger partial charge in [0.2, 0.25) is 5.91 Å². The zero-order valence-corrected chi connectivity index (χ0v) is 17.5. The van der Waals surface area contributed by atoms with Crippen LogP contribution in [-0.2, 0) is 9.53 Å². The van der Waals surface area contributed by atoms with E-state index in [1.54, 1.807) is 36.3 Å². The fraction of sp³-hybridized carbons (Fsp3) is 0.217. The number of carbonyl (C=O) groups is 2. The Balaban J connectivity index is 1.79. The molecular weight excluding hydrogens is 422 g/mol. The van der Waals surface area contributed by atoms with Gasteiger partial charge in [0.25, 0.3) is 5.91 Å². The van der Waals surface area contributed by atoms with Crippen molar-refractivity contribution < 1.29 is 23.1 Å². The molecule has 160 valence electrons. The predicted octanol–water partition coefficient (Wildman–Crippen LogP) is 4.59. The minimum Gasteiger partial charge on any atom is -0.383 e. The van der Waals surface area contributed by atoms with E-state index >= 15 is 0 Å². The molecule has 0 fully saturated rings. The Morgan fingerprint density at radius 3 is 2.65 bits per heavy atom. The van der Waals surface area contributed by atoms with Gasteiger partial charge in [-0.2, -0.15) is 0 Å². The van der Waals surface area contributed by atoms with Crippen LogP contribution in [-0.4, -0.2) is 37.0 Å². The van der Waals surface area contributed by atoms with Crippen molar-refractivity contribution in [2.24, 2.45) is 0 Å². The van der Waals surface area contributed by atoms with Crippen LogP contribution >= 0.6 is 11.3 Å². The Morgan fingerprint density at radius 1 is 1.13 bits per heavy atom. The van der Waals surface area contributed by atoms with Crippen molar-refractivity contribution in [2.45, 2.75) is 12.0 Å². The first kappa shape index (κ1) is 21.1. The van der Waals surface area contributed by atoms with Crippen LogP contribution in [0.15, 0.2) is 60.0 Å². The molecule has 0 bridgehead atoms. The van der Waals surface area contributed by atoms with Gasteiger partial charge in [0, 0.05) is 35.8 Å². The second-order valence-corrected chi connectivity index (χ2v) is 8.11. The summed E-state index contributed by atoms with van der Waals surface area (Å²) in [7, 11) is 1.55. The van der Waals surface area contributed by atoms with E-state index in [9.17, 15) is 18.4 Å². The quantitative estimate of drug-likeness (QED) is 0.607. The molecule has 0 aliphatic carbocycles. The molecule has 1 aliphatic heterocycles. The molecule has 2 unspecified atom stereocenters. The first-order valence-corrected chi connectivity index (χ1v) is 10.6. The van der Waals surface area contributed by atoms with E-state index in [1.807, 2.05) is 17.5 Å². The molecule has 4 rings (SSSR count). The molecule has 0 radical (unpaired) electrons. The van der Waals surface area contributed by atoms with Crippen LogP contribution in [0.5, 0.6) is 0 Å². The molecule has 2 aromatic carbocycles. The predicted molar refractivity (Wildman–Crippen MR) is 114 cm³/mol. The van der Waals surface area contributed by atoms with Crippen molar-refractivity contribution in [2.75, 3.05) is 25.6 Å². The number of hydrogen-bond acceptors (Lipinski definition) is 4. The number of methoxy groups -OCH3 is 1. The zero-order chi connectivity index (χ0) is 22.0. The molecule has 0 saturated carbocycles. The first-order valence-electron chi connectivity index (χ1n) is 9.69. The number of ether oxygens (including phenoxy) is 1. The molecule has 0 saturated heterocycles.